The van der Waals surface area contributed by atoms with Gasteiger partial charge in [-0.3, -0.25) is 10.1 Å². The number of rotatable bonds is 5. The molecule has 19 heavy (non-hydrogen) atoms. The van der Waals surface area contributed by atoms with E-state index in [0.29, 0.717) is 0 Å². The van der Waals surface area contributed by atoms with E-state index in [1.165, 1.54) is 11.8 Å². The molecule has 2 N–H and O–H groups in total. The third-order valence-electron chi connectivity index (χ3n) is 2.32. The van der Waals surface area contributed by atoms with Gasteiger partial charge in [0.2, 0.25) is 5.91 Å². The molecule has 0 saturated heterocycles. The van der Waals surface area contributed by atoms with Crippen LogP contribution in [0.1, 0.15) is 6.92 Å². The highest BCUT2D eigenvalue weighted by molar-refractivity contribution is 8.00. The Balaban J connectivity index is 1.92. The molecule has 1 atom stereocenters. The number of nitrogens with zero attached hydrogens (tertiary/aromatic N) is 3. The number of hydrogen-bond donors (Lipinski definition) is 2. The lowest BCUT2D eigenvalue weighted by atomic mass is 10.3. The van der Waals surface area contributed by atoms with Crippen LogP contribution in [0.2, 0.25) is 0 Å². The Kier molecular flexibility index (Phi) is 4.35. The van der Waals surface area contributed by atoms with E-state index in [1.54, 1.807) is 7.11 Å². The quantitative estimate of drug-likeness (QED) is 0.802. The summed E-state index contributed by atoms with van der Waals surface area (Å²) in [6, 6.07) is 7.52. The summed E-state index contributed by atoms with van der Waals surface area (Å²) in [5.74, 6) is 0.780. The van der Waals surface area contributed by atoms with Crippen LogP contribution in [0.5, 0.6) is 5.75 Å². The van der Waals surface area contributed by atoms with Crippen molar-refractivity contribution in [3.8, 4) is 5.75 Å². The van der Waals surface area contributed by atoms with Crippen LogP contribution < -0.4 is 10.1 Å². The van der Waals surface area contributed by atoms with Crippen molar-refractivity contribution in [2.24, 2.45) is 0 Å². The van der Waals surface area contributed by atoms with E-state index in [0.717, 1.165) is 10.6 Å². The molecular weight excluding hydrogens is 266 g/mol. The average Bonchev–Trinajstić information content (AvgIpc) is 2.92. The summed E-state index contributed by atoms with van der Waals surface area (Å²) in [7, 11) is 1.61. The van der Waals surface area contributed by atoms with Crippen molar-refractivity contribution in [2.45, 2.75) is 17.1 Å². The van der Waals surface area contributed by atoms with Crippen molar-refractivity contribution in [1.82, 2.24) is 20.6 Å². The number of ether oxygens (including phenoxy) is 1. The van der Waals surface area contributed by atoms with Gasteiger partial charge in [0, 0.05) is 4.90 Å². The fourth-order valence-corrected chi connectivity index (χ4v) is 2.21. The zero-order chi connectivity index (χ0) is 13.7. The number of amides is 1. The molecule has 100 valence electrons. The number of hydrogen-bond acceptors (Lipinski definition) is 6. The van der Waals surface area contributed by atoms with Gasteiger partial charge in [-0.25, -0.2) is 0 Å². The SMILES string of the molecule is COc1ccc(S[C@H](C)C(=O)Nc2nn[nH]n2)cc1. The topological polar surface area (TPSA) is 92.8 Å². The lowest BCUT2D eigenvalue weighted by Gasteiger charge is -2.10. The highest BCUT2D eigenvalue weighted by atomic mass is 32.2. The molecule has 1 aromatic carbocycles. The summed E-state index contributed by atoms with van der Waals surface area (Å²) in [6.45, 7) is 1.81. The van der Waals surface area contributed by atoms with Crippen LogP contribution in [0, 0.1) is 0 Å². The second-order valence-electron chi connectivity index (χ2n) is 3.66. The standard InChI is InChI=1S/C11H13N5O2S/c1-7(10(17)12-11-13-15-16-14-11)19-9-5-3-8(18-2)4-6-9/h3-7H,1-2H3,(H2,12,13,14,15,16,17)/t7-/m1/s1. The molecule has 8 heteroatoms. The molecule has 0 saturated carbocycles. The van der Waals surface area contributed by atoms with Gasteiger partial charge in [0.05, 0.1) is 12.4 Å². The monoisotopic (exact) mass is 279 g/mol. The van der Waals surface area contributed by atoms with Crippen molar-refractivity contribution >= 4 is 23.6 Å². The third kappa shape index (κ3) is 3.68. The summed E-state index contributed by atoms with van der Waals surface area (Å²) in [5, 5.41) is 15.3. The maximum absolute atomic E-state index is 11.9. The molecule has 1 aromatic heterocycles. The number of carbonyl (C=O) groups excluding carboxylic acids is 1. The van der Waals surface area contributed by atoms with Gasteiger partial charge in [0.15, 0.2) is 0 Å². The van der Waals surface area contributed by atoms with E-state index in [9.17, 15) is 4.79 Å². The largest absolute Gasteiger partial charge is 0.497 e. The molecule has 0 aliphatic heterocycles. The fourth-order valence-electron chi connectivity index (χ4n) is 1.34. The van der Waals surface area contributed by atoms with Crippen LogP contribution in [-0.2, 0) is 4.79 Å². The second-order valence-corrected chi connectivity index (χ2v) is 5.07. The van der Waals surface area contributed by atoms with E-state index >= 15 is 0 Å². The zero-order valence-electron chi connectivity index (χ0n) is 10.5. The first-order valence-electron chi connectivity index (χ1n) is 5.54. The maximum atomic E-state index is 11.9. The molecule has 0 fully saturated rings. The molecule has 1 amide bonds. The highest BCUT2D eigenvalue weighted by Gasteiger charge is 2.16. The smallest absolute Gasteiger partial charge is 0.269 e. The fraction of sp³-hybridized carbons (Fsp3) is 0.273. The number of nitrogens with one attached hydrogen (secondary N) is 2. The average molecular weight is 279 g/mol. The first-order chi connectivity index (χ1) is 9.19. The molecule has 1 heterocycles. The summed E-state index contributed by atoms with van der Waals surface area (Å²) >= 11 is 1.44. The molecule has 0 spiro atoms. The number of thioether (sulfide) groups is 1. The van der Waals surface area contributed by atoms with Crippen LogP contribution >= 0.6 is 11.8 Å². The van der Waals surface area contributed by atoms with Crippen LogP contribution in [0.3, 0.4) is 0 Å². The first-order valence-corrected chi connectivity index (χ1v) is 6.42. The van der Waals surface area contributed by atoms with Gasteiger partial charge in [-0.05, 0) is 36.4 Å². The second kappa shape index (κ2) is 6.19. The molecule has 0 bridgehead atoms. The van der Waals surface area contributed by atoms with E-state index < -0.39 is 0 Å². The minimum absolute atomic E-state index is 0.173. The van der Waals surface area contributed by atoms with E-state index in [4.69, 9.17) is 4.74 Å². The summed E-state index contributed by atoms with van der Waals surface area (Å²) < 4.78 is 5.08. The number of anilines is 1. The Labute approximate surface area is 114 Å². The zero-order valence-corrected chi connectivity index (χ0v) is 11.3. The predicted octanol–water partition coefficient (Wildman–Crippen LogP) is 1.33. The van der Waals surface area contributed by atoms with E-state index in [2.05, 4.69) is 25.9 Å². The summed E-state index contributed by atoms with van der Waals surface area (Å²) in [5.41, 5.74) is 0. The molecule has 0 radical (unpaired) electrons. The number of aromatic nitrogens is 4. The Morgan fingerprint density at radius 2 is 2.16 bits per heavy atom. The molecule has 2 aromatic rings. The number of carbonyl (C=O) groups is 1. The van der Waals surface area contributed by atoms with E-state index in [1.807, 2.05) is 31.2 Å². The van der Waals surface area contributed by atoms with Gasteiger partial charge < -0.3 is 4.74 Å². The van der Waals surface area contributed by atoms with Gasteiger partial charge in [-0.2, -0.15) is 5.21 Å². The van der Waals surface area contributed by atoms with Crippen molar-refractivity contribution in [2.75, 3.05) is 12.4 Å². The van der Waals surface area contributed by atoms with Gasteiger partial charge in [0.25, 0.3) is 5.95 Å². The maximum Gasteiger partial charge on any atom is 0.269 e. The number of aromatic amines is 1. The van der Waals surface area contributed by atoms with Gasteiger partial charge in [0.1, 0.15) is 5.75 Å². The summed E-state index contributed by atoms with van der Waals surface area (Å²) in [4.78, 5) is 12.8. The van der Waals surface area contributed by atoms with Crippen molar-refractivity contribution in [1.29, 1.82) is 0 Å². The van der Waals surface area contributed by atoms with Crippen LogP contribution in [0.15, 0.2) is 29.2 Å². The third-order valence-corrected chi connectivity index (χ3v) is 3.43. The first kappa shape index (κ1) is 13.3. The molecule has 7 nitrogen and oxygen atoms in total. The molecule has 2 rings (SSSR count). The van der Waals surface area contributed by atoms with Gasteiger partial charge in [-0.1, -0.05) is 5.10 Å². The van der Waals surface area contributed by atoms with Crippen molar-refractivity contribution < 1.29 is 9.53 Å². The lowest BCUT2D eigenvalue weighted by molar-refractivity contribution is -0.115. The predicted molar refractivity (Wildman–Crippen MR) is 71.1 cm³/mol. The molecule has 0 unspecified atom stereocenters. The van der Waals surface area contributed by atoms with Crippen molar-refractivity contribution in [3.63, 3.8) is 0 Å². The molecular formula is C11H13N5O2S. The highest BCUT2D eigenvalue weighted by Crippen LogP contribution is 2.25. The van der Waals surface area contributed by atoms with Gasteiger partial charge >= 0.3 is 0 Å². The van der Waals surface area contributed by atoms with Crippen molar-refractivity contribution in [3.05, 3.63) is 24.3 Å². The summed E-state index contributed by atoms with van der Waals surface area (Å²) in [6.07, 6.45) is 0. The number of H-pyrrole nitrogens is 1. The number of benzene rings is 1. The lowest BCUT2D eigenvalue weighted by Crippen LogP contribution is -2.23. The van der Waals surface area contributed by atoms with Crippen LogP contribution in [0.4, 0.5) is 5.95 Å². The minimum atomic E-state index is -0.271. The Morgan fingerprint density at radius 3 is 2.74 bits per heavy atom. The van der Waals surface area contributed by atoms with Crippen LogP contribution in [-0.4, -0.2) is 38.9 Å². The molecule has 0 aliphatic carbocycles. The molecule has 0 aliphatic rings. The Morgan fingerprint density at radius 1 is 1.42 bits per heavy atom. The Hall–Kier alpha value is -2.09. The normalized spacial score (nSPS) is 11.9. The van der Waals surface area contributed by atoms with E-state index in [-0.39, 0.29) is 17.1 Å². The number of tetrazole rings is 1. The number of methoxy groups -OCH3 is 1. The Bertz CT molecular complexity index is 529. The van der Waals surface area contributed by atoms with Gasteiger partial charge in [-0.15, -0.1) is 16.9 Å². The van der Waals surface area contributed by atoms with Crippen LogP contribution in [0.25, 0.3) is 0 Å². The minimum Gasteiger partial charge on any atom is -0.497 e.